The number of benzene rings is 1. The van der Waals surface area contributed by atoms with E-state index >= 15 is 0 Å². The van der Waals surface area contributed by atoms with Crippen LogP contribution in [0.2, 0.25) is 0 Å². The number of hydrogen-bond acceptors (Lipinski definition) is 10. The Balaban J connectivity index is -0.000000845. The molecule has 0 aliphatic carbocycles. The zero-order valence-electron chi connectivity index (χ0n) is 17.9. The summed E-state index contributed by atoms with van der Waals surface area (Å²) < 4.78 is 27.0. The molecule has 0 bridgehead atoms. The molecule has 0 spiro atoms. The van der Waals surface area contributed by atoms with E-state index in [2.05, 4.69) is 0 Å². The molecule has 1 rings (SSSR count). The molecule has 1 aromatic carbocycles. The van der Waals surface area contributed by atoms with Gasteiger partial charge >= 0.3 is 118 Å². The molecular weight excluding hydrogens is 480 g/mol. The van der Waals surface area contributed by atoms with Gasteiger partial charge in [0.25, 0.3) is 0 Å². The van der Waals surface area contributed by atoms with E-state index in [9.17, 15) is 28.7 Å². The van der Waals surface area contributed by atoms with E-state index in [-0.39, 0.29) is 143 Å². The molecule has 0 aliphatic heterocycles. The van der Waals surface area contributed by atoms with Crippen molar-refractivity contribution in [1.82, 2.24) is 0 Å². The van der Waals surface area contributed by atoms with Crippen LogP contribution in [0.15, 0.2) is 18.2 Å². The maximum atomic E-state index is 10.8. The molecule has 0 saturated carbocycles. The fraction of sp³-hybridized carbons (Fsp3) is 0.571. The number of ether oxygens (including phenoxy) is 1. The molecule has 0 heterocycles. The van der Waals surface area contributed by atoms with Crippen molar-refractivity contribution in [2.24, 2.45) is 5.73 Å². The van der Waals surface area contributed by atoms with Gasteiger partial charge in [0.2, 0.25) is 0 Å². The minimum Gasteiger partial charge on any atom is -0.811 e. The molecule has 10 nitrogen and oxygen atoms in total. The van der Waals surface area contributed by atoms with Crippen molar-refractivity contribution in [2.75, 3.05) is 32.1 Å². The van der Waals surface area contributed by atoms with Crippen LogP contribution in [-0.2, 0) is 22.0 Å². The summed E-state index contributed by atoms with van der Waals surface area (Å²) in [6, 6.07) is 4.34. The van der Waals surface area contributed by atoms with Crippen molar-refractivity contribution in [2.45, 2.75) is 18.4 Å². The summed E-state index contributed by atoms with van der Waals surface area (Å²) in [5.41, 5.74) is 5.07. The zero-order valence-corrected chi connectivity index (χ0v) is 27.7. The van der Waals surface area contributed by atoms with Gasteiger partial charge in [0.1, 0.15) is 12.4 Å². The van der Waals surface area contributed by atoms with Gasteiger partial charge in [-0.1, -0.05) is 21.3 Å². The second-order valence-electron chi connectivity index (χ2n) is 6.12. The van der Waals surface area contributed by atoms with E-state index in [0.717, 1.165) is 0 Å². The summed E-state index contributed by atoms with van der Waals surface area (Å²) in [4.78, 5) is 43.3. The minimum atomic E-state index is -4.73. The van der Waals surface area contributed by atoms with Crippen LogP contribution in [0.25, 0.3) is 0 Å². The number of nitrogens with two attached hydrogens (primary N) is 1. The fourth-order valence-corrected chi connectivity index (χ4v) is 3.07. The predicted octanol–water partition coefficient (Wildman–Crippen LogP) is -15.3. The average molecular weight is 501 g/mol. The first kappa shape index (κ1) is 40.4. The largest absolute Gasteiger partial charge is 1.00 e. The average Bonchev–Trinajstić information content (AvgIpc) is 2.55. The topological polar surface area (TPSA) is 202 Å². The van der Waals surface area contributed by atoms with Crippen LogP contribution in [0.5, 0.6) is 5.75 Å². The molecule has 0 saturated heterocycles. The molecule has 0 unspecified atom stereocenters. The Morgan fingerprint density at radius 1 is 0.833 bits per heavy atom. The van der Waals surface area contributed by atoms with Gasteiger partial charge in [-0.25, -0.2) is 0 Å². The zero-order chi connectivity index (χ0) is 20.0. The molecular formula is C14H21NNa4O9P2. The van der Waals surface area contributed by atoms with E-state index in [0.29, 0.717) is 11.1 Å². The summed E-state index contributed by atoms with van der Waals surface area (Å²) in [5, 5.41) is 18.3. The Bertz CT molecular complexity index is 654. The van der Waals surface area contributed by atoms with Gasteiger partial charge in [0.15, 0.2) is 0 Å². The van der Waals surface area contributed by atoms with E-state index in [1.165, 1.54) is 18.2 Å². The summed E-state index contributed by atoms with van der Waals surface area (Å²) in [6.07, 6.45) is -1.50. The van der Waals surface area contributed by atoms with Gasteiger partial charge in [-0.15, -0.1) is 0 Å². The van der Waals surface area contributed by atoms with E-state index in [1.54, 1.807) is 0 Å². The van der Waals surface area contributed by atoms with Gasteiger partial charge in [-0.3, -0.25) is 0 Å². The molecule has 0 radical (unpaired) electrons. The van der Waals surface area contributed by atoms with Crippen LogP contribution in [0.1, 0.15) is 11.1 Å². The quantitative estimate of drug-likeness (QED) is 0.193. The predicted molar refractivity (Wildman–Crippen MR) is 85.4 cm³/mol. The Morgan fingerprint density at radius 3 is 1.50 bits per heavy atom. The van der Waals surface area contributed by atoms with Crippen LogP contribution in [-0.4, -0.2) is 47.9 Å². The summed E-state index contributed by atoms with van der Waals surface area (Å²) in [5.74, 6) is 0.174. The Hall–Kier alpha value is 3.20. The number of aliphatic hydroxyl groups excluding tert-OH is 2. The Morgan fingerprint density at radius 2 is 1.20 bits per heavy atom. The number of rotatable bonds is 11. The third-order valence-corrected chi connectivity index (χ3v) is 5.07. The second kappa shape index (κ2) is 18.5. The molecule has 30 heavy (non-hydrogen) atoms. The maximum Gasteiger partial charge on any atom is 1.00 e. The molecule has 0 fully saturated rings. The molecule has 0 amide bonds. The molecule has 0 aliphatic rings. The van der Waals surface area contributed by atoms with Crippen molar-refractivity contribution in [3.8, 4) is 5.75 Å². The molecule has 16 heteroatoms. The van der Waals surface area contributed by atoms with Crippen LogP contribution in [0.4, 0.5) is 0 Å². The van der Waals surface area contributed by atoms with Gasteiger partial charge in [0, 0.05) is 0 Å². The van der Waals surface area contributed by atoms with Gasteiger partial charge in [-0.05, 0) is 48.4 Å². The van der Waals surface area contributed by atoms with E-state index in [4.69, 9.17) is 20.7 Å². The molecule has 0 atom stereocenters. The Kier molecular flexibility index (Phi) is 24.9. The Labute approximate surface area is 264 Å². The van der Waals surface area contributed by atoms with Crippen LogP contribution < -0.4 is 148 Å². The summed E-state index contributed by atoms with van der Waals surface area (Å²) in [6.45, 7) is -1.38. The fourth-order valence-electron chi connectivity index (χ4n) is 2.00. The molecule has 4 N–H and O–H groups in total. The molecule has 150 valence electrons. The minimum absolute atomic E-state index is 0. The summed E-state index contributed by atoms with van der Waals surface area (Å²) >= 11 is 0. The van der Waals surface area contributed by atoms with Crippen LogP contribution in [0, 0.1) is 0 Å². The van der Waals surface area contributed by atoms with Crippen molar-refractivity contribution in [3.63, 3.8) is 0 Å². The van der Waals surface area contributed by atoms with E-state index < -0.39 is 46.3 Å². The van der Waals surface area contributed by atoms with Crippen LogP contribution >= 0.6 is 15.2 Å². The summed E-state index contributed by atoms with van der Waals surface area (Å²) in [7, 11) is -9.45. The number of aryl methyl sites for hydroxylation is 2. The van der Waals surface area contributed by atoms with Crippen molar-refractivity contribution < 1.29 is 162 Å². The first-order valence-electron chi connectivity index (χ1n) is 7.64. The van der Waals surface area contributed by atoms with Crippen molar-refractivity contribution in [3.05, 3.63) is 29.3 Å². The number of hydrogen-bond donors (Lipinski definition) is 3. The van der Waals surface area contributed by atoms with E-state index in [1.807, 2.05) is 0 Å². The molecule has 0 aromatic heterocycles. The van der Waals surface area contributed by atoms with Gasteiger partial charge in [0.05, 0.1) is 18.8 Å². The first-order chi connectivity index (χ1) is 11.9. The maximum absolute atomic E-state index is 10.8. The number of aliphatic hydroxyl groups is 2. The standard InChI is InChI=1S/C14H25NO9P2.4Na/c15-14(8-16,9-17)10-24-13-6-11(1-3-25(18,19)20)5-12(7-13)2-4-26(21,22)23;;;;/h5-7,16-17H,1-4,8-10,15H2,(H2,18,19,20)(H2,21,22,23);;;;/q;4*+1/p-4. The van der Waals surface area contributed by atoms with Gasteiger partial charge < -0.3 is 49.4 Å². The van der Waals surface area contributed by atoms with Crippen molar-refractivity contribution in [1.29, 1.82) is 0 Å². The van der Waals surface area contributed by atoms with Crippen molar-refractivity contribution >= 4 is 15.2 Å². The second-order valence-corrected chi connectivity index (χ2v) is 9.46. The third kappa shape index (κ3) is 18.5. The third-order valence-electron chi connectivity index (χ3n) is 3.53. The normalized spacial score (nSPS) is 11.3. The SMILES string of the molecule is NC(CO)(CO)COc1cc(CCP(=O)([O-])[O-])cc(CCP(=O)([O-])[O-])c1.[Na+].[Na+].[Na+].[Na+]. The van der Waals surface area contributed by atoms with Gasteiger partial charge in [-0.2, -0.15) is 0 Å². The first-order valence-corrected chi connectivity index (χ1v) is 11.1. The van der Waals surface area contributed by atoms with Crippen LogP contribution in [0.3, 0.4) is 0 Å². The smallest absolute Gasteiger partial charge is 0.811 e. The monoisotopic (exact) mass is 501 g/mol. The molecule has 1 aromatic rings.